The Morgan fingerprint density at radius 2 is 2.36 bits per heavy atom. The van der Waals surface area contributed by atoms with Crippen LogP contribution in [-0.2, 0) is 0 Å². The van der Waals surface area contributed by atoms with Gasteiger partial charge >= 0.3 is 0 Å². The summed E-state index contributed by atoms with van der Waals surface area (Å²) in [6.07, 6.45) is 2.59. The van der Waals surface area contributed by atoms with Gasteiger partial charge in [0.25, 0.3) is 5.91 Å². The molecule has 0 aliphatic rings. The number of carbonyl (C=O) groups excluding carboxylic acids is 1. The molecule has 0 aromatic carbocycles. The van der Waals surface area contributed by atoms with Gasteiger partial charge in [0.2, 0.25) is 0 Å². The van der Waals surface area contributed by atoms with Crippen LogP contribution in [0.5, 0.6) is 0 Å². The highest BCUT2D eigenvalue weighted by Crippen LogP contribution is 2.09. The maximum Gasteiger partial charge on any atom is 0.255 e. The third kappa shape index (κ3) is 2.45. The Kier molecular flexibility index (Phi) is 3.91. The van der Waals surface area contributed by atoms with Gasteiger partial charge in [-0.25, -0.2) is 4.98 Å². The SMILES string of the molecule is CCCNC(=O)c1cccnc1NC. The number of amides is 1. The highest BCUT2D eigenvalue weighted by atomic mass is 16.1. The molecule has 1 heterocycles. The maximum absolute atomic E-state index is 11.6. The topological polar surface area (TPSA) is 54.0 Å². The van der Waals surface area contributed by atoms with Gasteiger partial charge in [-0.05, 0) is 18.6 Å². The molecule has 0 aliphatic carbocycles. The van der Waals surface area contributed by atoms with E-state index in [0.29, 0.717) is 17.9 Å². The number of pyridine rings is 1. The highest BCUT2D eigenvalue weighted by Gasteiger charge is 2.09. The molecule has 0 bridgehead atoms. The molecule has 2 N–H and O–H groups in total. The molecule has 1 rings (SSSR count). The molecule has 0 saturated heterocycles. The zero-order chi connectivity index (χ0) is 10.4. The van der Waals surface area contributed by atoms with Crippen molar-refractivity contribution in [3.8, 4) is 0 Å². The molecule has 1 amide bonds. The summed E-state index contributed by atoms with van der Waals surface area (Å²) in [5.41, 5.74) is 0.587. The molecule has 1 aromatic rings. The molecule has 76 valence electrons. The van der Waals surface area contributed by atoms with Crippen LogP contribution in [0.15, 0.2) is 18.3 Å². The number of aromatic nitrogens is 1. The average molecular weight is 193 g/mol. The lowest BCUT2D eigenvalue weighted by atomic mass is 10.2. The van der Waals surface area contributed by atoms with E-state index in [4.69, 9.17) is 0 Å². The van der Waals surface area contributed by atoms with Crippen molar-refractivity contribution in [3.63, 3.8) is 0 Å². The summed E-state index contributed by atoms with van der Waals surface area (Å²) in [6.45, 7) is 2.71. The first-order chi connectivity index (χ1) is 6.79. The van der Waals surface area contributed by atoms with E-state index in [1.165, 1.54) is 0 Å². The fourth-order valence-corrected chi connectivity index (χ4v) is 1.12. The monoisotopic (exact) mass is 193 g/mol. The van der Waals surface area contributed by atoms with Crippen molar-refractivity contribution in [2.75, 3.05) is 18.9 Å². The van der Waals surface area contributed by atoms with Crippen molar-refractivity contribution in [3.05, 3.63) is 23.9 Å². The first kappa shape index (κ1) is 10.5. The Morgan fingerprint density at radius 1 is 1.57 bits per heavy atom. The minimum absolute atomic E-state index is 0.0794. The van der Waals surface area contributed by atoms with Gasteiger partial charge in [0.05, 0.1) is 5.56 Å². The summed E-state index contributed by atoms with van der Waals surface area (Å²) in [5.74, 6) is 0.533. The number of hydrogen-bond acceptors (Lipinski definition) is 3. The number of nitrogens with one attached hydrogen (secondary N) is 2. The molecule has 4 heteroatoms. The van der Waals surface area contributed by atoms with Crippen LogP contribution in [0.3, 0.4) is 0 Å². The number of hydrogen-bond donors (Lipinski definition) is 2. The van der Waals surface area contributed by atoms with E-state index < -0.39 is 0 Å². The van der Waals surface area contributed by atoms with Crippen LogP contribution in [0.4, 0.5) is 5.82 Å². The molecular formula is C10H15N3O. The van der Waals surface area contributed by atoms with Crippen LogP contribution in [0.2, 0.25) is 0 Å². The van der Waals surface area contributed by atoms with E-state index in [9.17, 15) is 4.79 Å². The smallest absolute Gasteiger partial charge is 0.255 e. The first-order valence-corrected chi connectivity index (χ1v) is 4.70. The molecule has 0 atom stereocenters. The lowest BCUT2D eigenvalue weighted by Crippen LogP contribution is -2.25. The van der Waals surface area contributed by atoms with Crippen LogP contribution in [0.25, 0.3) is 0 Å². The number of nitrogens with zero attached hydrogens (tertiary/aromatic N) is 1. The van der Waals surface area contributed by atoms with Crippen LogP contribution in [-0.4, -0.2) is 24.5 Å². The Hall–Kier alpha value is -1.58. The lowest BCUT2D eigenvalue weighted by molar-refractivity contribution is 0.0954. The van der Waals surface area contributed by atoms with Gasteiger partial charge in [-0.1, -0.05) is 6.92 Å². The second kappa shape index (κ2) is 5.21. The van der Waals surface area contributed by atoms with E-state index in [1.807, 2.05) is 6.92 Å². The van der Waals surface area contributed by atoms with Crippen LogP contribution in [0.1, 0.15) is 23.7 Å². The summed E-state index contributed by atoms with van der Waals surface area (Å²) in [6, 6.07) is 3.51. The summed E-state index contributed by atoms with van der Waals surface area (Å²) in [4.78, 5) is 15.6. The second-order valence-corrected chi connectivity index (χ2v) is 2.91. The number of carbonyl (C=O) groups is 1. The number of anilines is 1. The quantitative estimate of drug-likeness (QED) is 0.757. The van der Waals surface area contributed by atoms with Gasteiger partial charge in [0.15, 0.2) is 0 Å². The van der Waals surface area contributed by atoms with Crippen molar-refractivity contribution < 1.29 is 4.79 Å². The Balaban J connectivity index is 2.78. The summed E-state index contributed by atoms with van der Waals surface area (Å²) in [5, 5.41) is 5.69. The van der Waals surface area contributed by atoms with E-state index in [1.54, 1.807) is 25.4 Å². The third-order valence-corrected chi connectivity index (χ3v) is 1.82. The molecule has 0 fully saturated rings. The highest BCUT2D eigenvalue weighted by molar-refractivity contribution is 5.98. The zero-order valence-electron chi connectivity index (χ0n) is 8.50. The van der Waals surface area contributed by atoms with Gasteiger partial charge in [0.1, 0.15) is 5.82 Å². The minimum atomic E-state index is -0.0794. The fourth-order valence-electron chi connectivity index (χ4n) is 1.12. The Labute approximate surface area is 83.7 Å². The van der Waals surface area contributed by atoms with Crippen LogP contribution < -0.4 is 10.6 Å². The van der Waals surface area contributed by atoms with E-state index >= 15 is 0 Å². The van der Waals surface area contributed by atoms with Crippen molar-refractivity contribution >= 4 is 11.7 Å². The summed E-state index contributed by atoms with van der Waals surface area (Å²) >= 11 is 0. The van der Waals surface area contributed by atoms with Gasteiger partial charge in [-0.15, -0.1) is 0 Å². The maximum atomic E-state index is 11.6. The molecule has 0 unspecified atom stereocenters. The normalized spacial score (nSPS) is 9.57. The predicted octanol–water partition coefficient (Wildman–Crippen LogP) is 1.26. The molecule has 1 aromatic heterocycles. The second-order valence-electron chi connectivity index (χ2n) is 2.91. The summed E-state index contributed by atoms with van der Waals surface area (Å²) in [7, 11) is 1.75. The average Bonchev–Trinajstić information content (AvgIpc) is 2.25. The van der Waals surface area contributed by atoms with Gasteiger partial charge in [-0.2, -0.15) is 0 Å². The lowest BCUT2D eigenvalue weighted by Gasteiger charge is -2.07. The van der Waals surface area contributed by atoms with Crippen LogP contribution >= 0.6 is 0 Å². The molecule has 14 heavy (non-hydrogen) atoms. The molecule has 0 spiro atoms. The first-order valence-electron chi connectivity index (χ1n) is 4.70. The van der Waals surface area contributed by atoms with Gasteiger partial charge in [-0.3, -0.25) is 4.79 Å². The molecule has 4 nitrogen and oxygen atoms in total. The van der Waals surface area contributed by atoms with E-state index in [-0.39, 0.29) is 5.91 Å². The van der Waals surface area contributed by atoms with Gasteiger partial charge in [0, 0.05) is 19.8 Å². The molecular weight excluding hydrogens is 178 g/mol. The van der Waals surface area contributed by atoms with Crippen molar-refractivity contribution in [2.24, 2.45) is 0 Å². The number of rotatable bonds is 4. The molecule has 0 aliphatic heterocycles. The predicted molar refractivity (Wildman–Crippen MR) is 56.4 cm³/mol. The minimum Gasteiger partial charge on any atom is -0.372 e. The summed E-state index contributed by atoms with van der Waals surface area (Å²) < 4.78 is 0. The van der Waals surface area contributed by atoms with Gasteiger partial charge < -0.3 is 10.6 Å². The Bertz CT molecular complexity index is 312. The van der Waals surface area contributed by atoms with E-state index in [2.05, 4.69) is 15.6 Å². The van der Waals surface area contributed by atoms with Crippen LogP contribution in [0, 0.1) is 0 Å². The fraction of sp³-hybridized carbons (Fsp3) is 0.400. The standard InChI is InChI=1S/C10H15N3O/c1-3-6-13-10(14)8-5-4-7-12-9(8)11-2/h4-5,7H,3,6H2,1-2H3,(H,11,12)(H,13,14). The Morgan fingerprint density at radius 3 is 3.00 bits per heavy atom. The third-order valence-electron chi connectivity index (χ3n) is 1.82. The van der Waals surface area contributed by atoms with E-state index in [0.717, 1.165) is 6.42 Å². The van der Waals surface area contributed by atoms with Crippen molar-refractivity contribution in [1.29, 1.82) is 0 Å². The molecule has 0 saturated carbocycles. The zero-order valence-corrected chi connectivity index (χ0v) is 8.50. The van der Waals surface area contributed by atoms with Crippen molar-refractivity contribution in [1.82, 2.24) is 10.3 Å². The van der Waals surface area contributed by atoms with Crippen molar-refractivity contribution in [2.45, 2.75) is 13.3 Å². The largest absolute Gasteiger partial charge is 0.372 e. The molecule has 0 radical (unpaired) electrons.